The average molecular weight is 493 g/mol. The van der Waals surface area contributed by atoms with E-state index in [1.165, 1.54) is 0 Å². The predicted octanol–water partition coefficient (Wildman–Crippen LogP) is 5.68. The lowest BCUT2D eigenvalue weighted by atomic mass is 10.0. The number of nitrogens with zero attached hydrogens (tertiary/aromatic N) is 3. The molecular formula is C25H21ClN4O3S. The summed E-state index contributed by atoms with van der Waals surface area (Å²) in [5.41, 5.74) is 5.75. The van der Waals surface area contributed by atoms with Crippen LogP contribution < -0.4 is 15.1 Å². The Morgan fingerprint density at radius 2 is 1.97 bits per heavy atom. The minimum absolute atomic E-state index is 0. The number of hydrazone groups is 1. The highest BCUT2D eigenvalue weighted by molar-refractivity contribution is 7.14. The maximum absolute atomic E-state index is 11.7. The molecule has 2 aromatic carbocycles. The van der Waals surface area contributed by atoms with Gasteiger partial charge in [0.05, 0.1) is 31.2 Å². The average Bonchev–Trinajstić information content (AvgIpc) is 3.63. The normalized spacial score (nSPS) is 16.6. The zero-order valence-electron chi connectivity index (χ0n) is 18.2. The van der Waals surface area contributed by atoms with Gasteiger partial charge in [-0.05, 0) is 59.7 Å². The van der Waals surface area contributed by atoms with Gasteiger partial charge in [-0.25, -0.2) is 9.99 Å². The summed E-state index contributed by atoms with van der Waals surface area (Å²) in [6.07, 6.45) is 2.80. The van der Waals surface area contributed by atoms with Crippen LogP contribution in [0, 0.1) is 0 Å². The summed E-state index contributed by atoms with van der Waals surface area (Å²) in [6.45, 7) is 0. The molecule has 4 aromatic rings. The molecule has 2 aliphatic heterocycles. The number of amides is 1. The molecule has 34 heavy (non-hydrogen) atoms. The van der Waals surface area contributed by atoms with Crippen LogP contribution in [-0.2, 0) is 11.2 Å². The van der Waals surface area contributed by atoms with Crippen LogP contribution in [0.2, 0.25) is 0 Å². The maximum Gasteiger partial charge on any atom is 0.228 e. The molecule has 6 rings (SSSR count). The molecule has 0 fully saturated rings. The largest absolute Gasteiger partial charge is 0.497 e. The van der Waals surface area contributed by atoms with Gasteiger partial charge in [-0.3, -0.25) is 4.79 Å². The third-order valence-corrected chi connectivity index (χ3v) is 6.75. The molecule has 0 spiro atoms. The van der Waals surface area contributed by atoms with Crippen LogP contribution >= 0.6 is 23.7 Å². The third kappa shape index (κ3) is 3.95. The Hall–Kier alpha value is -3.62. The second kappa shape index (κ2) is 8.96. The third-order valence-electron chi connectivity index (χ3n) is 5.92. The lowest BCUT2D eigenvalue weighted by Gasteiger charge is -2.18. The molecule has 0 saturated heterocycles. The van der Waals surface area contributed by atoms with Gasteiger partial charge in [-0.2, -0.15) is 5.10 Å². The van der Waals surface area contributed by atoms with Crippen LogP contribution in [0.5, 0.6) is 5.75 Å². The number of carbonyl (C=O) groups is 1. The Bertz CT molecular complexity index is 1370. The Kier molecular flexibility index (Phi) is 5.85. The molecule has 0 aliphatic carbocycles. The van der Waals surface area contributed by atoms with Crippen molar-refractivity contribution in [2.45, 2.75) is 18.9 Å². The first kappa shape index (κ1) is 22.2. The number of halogens is 1. The number of hydrogen-bond donors (Lipinski definition) is 1. The summed E-state index contributed by atoms with van der Waals surface area (Å²) in [7, 11) is 1.66. The number of carbonyl (C=O) groups excluding carboxylic acids is 1. The number of fused-ring (bicyclic) bond motifs is 1. The van der Waals surface area contributed by atoms with Crippen LogP contribution in [0.4, 0.5) is 10.8 Å². The minimum Gasteiger partial charge on any atom is -0.497 e. The number of anilines is 2. The van der Waals surface area contributed by atoms with E-state index >= 15 is 0 Å². The quantitative estimate of drug-likeness (QED) is 0.387. The standard InChI is InChI=1S/C25H20N4O3S.ClH/c1-31-18-7-4-15(5-8-18)20-13-22(23-3-2-10-32-23)29(28-20)25-27-21(14-33-25)16-6-9-19-17(11-16)12-24(30)26-19;/h2-11,14,22H,12-13H2,1H3,(H,26,30);1H. The van der Waals surface area contributed by atoms with Crippen LogP contribution in [-0.4, -0.2) is 23.7 Å². The molecule has 7 nitrogen and oxygen atoms in total. The topological polar surface area (TPSA) is 80.0 Å². The van der Waals surface area contributed by atoms with Crippen molar-refractivity contribution in [3.8, 4) is 17.0 Å². The van der Waals surface area contributed by atoms with Gasteiger partial charge in [0.15, 0.2) is 0 Å². The van der Waals surface area contributed by atoms with Crippen molar-refractivity contribution in [3.63, 3.8) is 0 Å². The minimum atomic E-state index is -0.0713. The number of thiazole rings is 1. The highest BCUT2D eigenvalue weighted by atomic mass is 35.5. The van der Waals surface area contributed by atoms with Crippen LogP contribution in [0.15, 0.2) is 75.8 Å². The molecule has 2 aliphatic rings. The first-order chi connectivity index (χ1) is 16.2. The zero-order chi connectivity index (χ0) is 22.4. The number of benzene rings is 2. The zero-order valence-corrected chi connectivity index (χ0v) is 19.9. The number of hydrogen-bond acceptors (Lipinski definition) is 7. The number of aromatic nitrogens is 1. The fourth-order valence-corrected chi connectivity index (χ4v) is 5.07. The van der Waals surface area contributed by atoms with Crippen molar-refractivity contribution in [1.82, 2.24) is 4.98 Å². The molecule has 1 N–H and O–H groups in total. The van der Waals surface area contributed by atoms with Crippen molar-refractivity contribution in [3.05, 3.63) is 83.1 Å². The molecule has 0 saturated carbocycles. The van der Waals surface area contributed by atoms with Gasteiger partial charge < -0.3 is 14.5 Å². The molecule has 172 valence electrons. The summed E-state index contributed by atoms with van der Waals surface area (Å²) >= 11 is 1.54. The molecule has 1 atom stereocenters. The monoisotopic (exact) mass is 492 g/mol. The van der Waals surface area contributed by atoms with E-state index < -0.39 is 0 Å². The Balaban J connectivity index is 0.00000241. The van der Waals surface area contributed by atoms with Gasteiger partial charge in [0.1, 0.15) is 17.6 Å². The van der Waals surface area contributed by atoms with Crippen molar-refractivity contribution >= 4 is 46.2 Å². The molecule has 0 radical (unpaired) electrons. The molecular weight excluding hydrogens is 472 g/mol. The van der Waals surface area contributed by atoms with Gasteiger partial charge >= 0.3 is 0 Å². The van der Waals surface area contributed by atoms with Gasteiger partial charge in [0.2, 0.25) is 11.0 Å². The maximum atomic E-state index is 11.7. The molecule has 1 unspecified atom stereocenters. The van der Waals surface area contributed by atoms with Crippen LogP contribution in [0.25, 0.3) is 11.3 Å². The molecule has 9 heteroatoms. The van der Waals surface area contributed by atoms with E-state index in [9.17, 15) is 4.79 Å². The van der Waals surface area contributed by atoms with Crippen LogP contribution in [0.3, 0.4) is 0 Å². The highest BCUT2D eigenvalue weighted by Crippen LogP contribution is 2.40. The van der Waals surface area contributed by atoms with E-state index in [2.05, 4.69) is 5.32 Å². The van der Waals surface area contributed by atoms with E-state index in [-0.39, 0.29) is 24.4 Å². The van der Waals surface area contributed by atoms with E-state index in [0.717, 1.165) is 50.4 Å². The Labute approximate surface area is 206 Å². The van der Waals surface area contributed by atoms with E-state index in [4.69, 9.17) is 19.2 Å². The SMILES string of the molecule is COc1ccc(C2=NN(c3nc(-c4ccc5c(c4)CC(=O)N5)cs3)C(c3ccco3)C2)cc1.Cl. The van der Waals surface area contributed by atoms with Gasteiger partial charge in [-0.15, -0.1) is 23.7 Å². The van der Waals surface area contributed by atoms with E-state index in [1.807, 2.05) is 65.0 Å². The number of rotatable bonds is 5. The predicted molar refractivity (Wildman–Crippen MR) is 135 cm³/mol. The van der Waals surface area contributed by atoms with E-state index in [1.54, 1.807) is 24.7 Å². The summed E-state index contributed by atoms with van der Waals surface area (Å²) < 4.78 is 11.0. The summed E-state index contributed by atoms with van der Waals surface area (Å²) in [5.74, 6) is 1.69. The lowest BCUT2D eigenvalue weighted by Crippen LogP contribution is -2.17. The van der Waals surface area contributed by atoms with Crippen molar-refractivity contribution in [2.24, 2.45) is 5.10 Å². The van der Waals surface area contributed by atoms with Gasteiger partial charge in [-0.1, -0.05) is 6.07 Å². The first-order valence-corrected chi connectivity index (χ1v) is 11.5. The lowest BCUT2D eigenvalue weighted by molar-refractivity contribution is -0.115. The number of nitrogens with one attached hydrogen (secondary N) is 1. The second-order valence-corrected chi connectivity index (χ2v) is 8.80. The smallest absolute Gasteiger partial charge is 0.228 e. The second-order valence-electron chi connectivity index (χ2n) is 7.97. The Morgan fingerprint density at radius 3 is 2.74 bits per heavy atom. The number of furan rings is 1. The van der Waals surface area contributed by atoms with Crippen molar-refractivity contribution in [1.29, 1.82) is 0 Å². The summed E-state index contributed by atoms with van der Waals surface area (Å²) in [4.78, 5) is 16.6. The van der Waals surface area contributed by atoms with Crippen molar-refractivity contribution in [2.75, 3.05) is 17.4 Å². The fraction of sp³-hybridized carbons (Fsp3) is 0.160. The summed E-state index contributed by atoms with van der Waals surface area (Å²) in [5, 5.41) is 12.6. The highest BCUT2D eigenvalue weighted by Gasteiger charge is 2.33. The fourth-order valence-electron chi connectivity index (χ4n) is 4.24. The van der Waals surface area contributed by atoms with Crippen molar-refractivity contribution < 1.29 is 13.9 Å². The van der Waals surface area contributed by atoms with Gasteiger partial charge in [0, 0.05) is 23.1 Å². The first-order valence-electron chi connectivity index (χ1n) is 10.6. The number of methoxy groups -OCH3 is 1. The molecule has 0 bridgehead atoms. The van der Waals surface area contributed by atoms with Gasteiger partial charge in [0.25, 0.3) is 0 Å². The summed E-state index contributed by atoms with van der Waals surface area (Å²) in [6, 6.07) is 17.7. The van der Waals surface area contributed by atoms with E-state index in [0.29, 0.717) is 12.8 Å². The Morgan fingerprint density at radius 1 is 1.15 bits per heavy atom. The molecule has 2 aromatic heterocycles. The molecule has 4 heterocycles. The van der Waals surface area contributed by atoms with Crippen LogP contribution in [0.1, 0.15) is 29.3 Å². The number of ether oxygens (including phenoxy) is 1. The molecule has 1 amide bonds.